The Kier molecular flexibility index (Phi) is 4.77. The molecule has 0 unspecified atom stereocenters. The fourth-order valence-corrected chi connectivity index (χ4v) is 3.40. The summed E-state index contributed by atoms with van der Waals surface area (Å²) < 4.78 is 22.4. The van der Waals surface area contributed by atoms with Crippen LogP contribution in [0, 0.1) is 13.8 Å². The largest absolute Gasteiger partial charge is 0.305 e. The van der Waals surface area contributed by atoms with Crippen LogP contribution in [0.1, 0.15) is 34.1 Å². The minimum absolute atomic E-state index is 0.0981. The maximum absolute atomic E-state index is 11.2. The van der Waals surface area contributed by atoms with E-state index in [1.807, 2.05) is 13.8 Å². The highest BCUT2D eigenvalue weighted by molar-refractivity contribution is 7.89. The van der Waals surface area contributed by atoms with Gasteiger partial charge in [-0.2, -0.15) is 0 Å². The molecule has 2 aromatic rings. The summed E-state index contributed by atoms with van der Waals surface area (Å²) in [4.78, 5) is 5.83. The van der Waals surface area contributed by atoms with Crippen LogP contribution >= 0.6 is 11.3 Å². The Hall–Kier alpha value is -1.28. The quantitative estimate of drug-likeness (QED) is 0.883. The number of benzene rings is 1. The minimum Gasteiger partial charge on any atom is -0.305 e. The van der Waals surface area contributed by atoms with Crippen LogP contribution in [0.5, 0.6) is 0 Å². The molecule has 0 aliphatic rings. The molecule has 1 aromatic heterocycles. The van der Waals surface area contributed by atoms with Crippen LogP contribution in [0.25, 0.3) is 0 Å². The maximum Gasteiger partial charge on any atom is 0.238 e. The summed E-state index contributed by atoms with van der Waals surface area (Å²) in [6.07, 6.45) is 0. The number of nitrogens with two attached hydrogens (primary N) is 1. The molecule has 0 fully saturated rings. The molecule has 0 bridgehead atoms. The lowest BCUT2D eigenvalue weighted by Crippen LogP contribution is -2.19. The molecule has 0 aliphatic carbocycles. The number of thiazole rings is 1. The van der Waals surface area contributed by atoms with E-state index in [4.69, 9.17) is 5.14 Å². The molecule has 0 radical (unpaired) electrons. The minimum atomic E-state index is -3.63. The van der Waals surface area contributed by atoms with Gasteiger partial charge in [0.25, 0.3) is 0 Å². The van der Waals surface area contributed by atoms with Crippen LogP contribution in [0.3, 0.4) is 0 Å². The van der Waals surface area contributed by atoms with Crippen molar-refractivity contribution in [2.45, 2.75) is 38.3 Å². The third kappa shape index (κ3) is 4.10. The first-order valence-electron chi connectivity index (χ1n) is 6.56. The molecule has 3 N–H and O–H groups in total. The highest BCUT2D eigenvalue weighted by Crippen LogP contribution is 2.19. The van der Waals surface area contributed by atoms with E-state index in [1.54, 1.807) is 23.5 Å². The molecule has 21 heavy (non-hydrogen) atoms. The summed E-state index contributed by atoms with van der Waals surface area (Å²) >= 11 is 1.69. The van der Waals surface area contributed by atoms with Crippen molar-refractivity contribution in [2.24, 2.45) is 5.14 Å². The van der Waals surface area contributed by atoms with Crippen molar-refractivity contribution in [3.8, 4) is 0 Å². The van der Waals surface area contributed by atoms with Crippen LogP contribution in [0.15, 0.2) is 29.2 Å². The fourth-order valence-electron chi connectivity index (χ4n) is 2.05. The highest BCUT2D eigenvalue weighted by atomic mass is 32.2. The Morgan fingerprint density at radius 1 is 1.29 bits per heavy atom. The zero-order valence-electron chi connectivity index (χ0n) is 12.3. The standard InChI is InChI=1S/C14H19N3O2S2/c1-9(16-8-14-10(2)20-11(3)17-14)12-4-6-13(7-5-12)21(15,18)19/h4-7,9,16H,8H2,1-3H3,(H2,15,18,19)/t9-/m0/s1. The molecule has 7 heteroatoms. The second-order valence-corrected chi connectivity index (χ2v) is 7.92. The van der Waals surface area contributed by atoms with Crippen LogP contribution in [-0.4, -0.2) is 13.4 Å². The molecule has 0 amide bonds. The first-order chi connectivity index (χ1) is 9.77. The first-order valence-corrected chi connectivity index (χ1v) is 8.92. The molecule has 0 saturated carbocycles. The normalized spacial score (nSPS) is 13.3. The van der Waals surface area contributed by atoms with Crippen molar-refractivity contribution < 1.29 is 8.42 Å². The second kappa shape index (κ2) is 6.23. The van der Waals surface area contributed by atoms with E-state index in [1.165, 1.54) is 17.0 Å². The number of hydrogen-bond acceptors (Lipinski definition) is 5. The molecule has 0 spiro atoms. The number of nitrogens with zero attached hydrogens (tertiary/aromatic N) is 1. The van der Waals surface area contributed by atoms with Gasteiger partial charge in [0.15, 0.2) is 0 Å². The number of aryl methyl sites for hydroxylation is 2. The Labute approximate surface area is 129 Å². The molecule has 0 aliphatic heterocycles. The van der Waals surface area contributed by atoms with Crippen molar-refractivity contribution in [1.29, 1.82) is 0 Å². The number of rotatable bonds is 5. The molecular formula is C14H19N3O2S2. The van der Waals surface area contributed by atoms with Gasteiger partial charge in [-0.05, 0) is 38.5 Å². The second-order valence-electron chi connectivity index (χ2n) is 4.95. The molecule has 1 atom stereocenters. The smallest absolute Gasteiger partial charge is 0.238 e. The lowest BCUT2D eigenvalue weighted by Gasteiger charge is -2.14. The lowest BCUT2D eigenvalue weighted by molar-refractivity contribution is 0.567. The van der Waals surface area contributed by atoms with Crippen LogP contribution in [0.4, 0.5) is 0 Å². The monoisotopic (exact) mass is 325 g/mol. The van der Waals surface area contributed by atoms with Crippen molar-refractivity contribution in [3.63, 3.8) is 0 Å². The number of primary sulfonamides is 1. The fraction of sp³-hybridized carbons (Fsp3) is 0.357. The molecule has 0 saturated heterocycles. The Bertz CT molecular complexity index is 721. The van der Waals surface area contributed by atoms with Gasteiger partial charge in [-0.25, -0.2) is 18.5 Å². The number of sulfonamides is 1. The summed E-state index contributed by atoms with van der Waals surface area (Å²) in [5.74, 6) is 0. The summed E-state index contributed by atoms with van der Waals surface area (Å²) in [6, 6.07) is 6.70. The van der Waals surface area contributed by atoms with Gasteiger partial charge in [-0.3, -0.25) is 0 Å². The predicted octanol–water partition coefficient (Wildman–Crippen LogP) is 2.26. The average molecular weight is 325 g/mol. The third-order valence-electron chi connectivity index (χ3n) is 3.28. The van der Waals surface area contributed by atoms with E-state index in [2.05, 4.69) is 17.2 Å². The number of nitrogens with one attached hydrogen (secondary N) is 1. The Balaban J connectivity index is 2.03. The predicted molar refractivity (Wildman–Crippen MR) is 84.7 cm³/mol. The van der Waals surface area contributed by atoms with E-state index < -0.39 is 10.0 Å². The number of aromatic nitrogens is 1. The summed E-state index contributed by atoms with van der Waals surface area (Å²) in [5, 5.41) is 9.54. The molecule has 5 nitrogen and oxygen atoms in total. The zero-order valence-corrected chi connectivity index (χ0v) is 13.9. The van der Waals surface area contributed by atoms with E-state index in [0.29, 0.717) is 6.54 Å². The van der Waals surface area contributed by atoms with Crippen LogP contribution in [-0.2, 0) is 16.6 Å². The molecular weight excluding hydrogens is 306 g/mol. The van der Waals surface area contributed by atoms with E-state index in [-0.39, 0.29) is 10.9 Å². The summed E-state index contributed by atoms with van der Waals surface area (Å²) in [5.41, 5.74) is 2.07. The summed E-state index contributed by atoms with van der Waals surface area (Å²) in [6.45, 7) is 6.78. The first kappa shape index (κ1) is 16.1. The third-order valence-corrected chi connectivity index (χ3v) is 5.14. The van der Waals surface area contributed by atoms with Gasteiger partial charge >= 0.3 is 0 Å². The molecule has 1 aromatic carbocycles. The van der Waals surface area contributed by atoms with Crippen molar-refractivity contribution in [2.75, 3.05) is 0 Å². The maximum atomic E-state index is 11.2. The lowest BCUT2D eigenvalue weighted by atomic mass is 10.1. The molecule has 114 valence electrons. The van der Waals surface area contributed by atoms with Gasteiger partial charge in [-0.1, -0.05) is 12.1 Å². The van der Waals surface area contributed by atoms with E-state index in [9.17, 15) is 8.42 Å². The highest BCUT2D eigenvalue weighted by Gasteiger charge is 2.11. The van der Waals surface area contributed by atoms with Gasteiger partial charge in [-0.15, -0.1) is 11.3 Å². The van der Waals surface area contributed by atoms with Crippen molar-refractivity contribution in [1.82, 2.24) is 10.3 Å². The summed E-state index contributed by atoms with van der Waals surface area (Å²) in [7, 11) is -3.63. The Morgan fingerprint density at radius 3 is 2.38 bits per heavy atom. The topological polar surface area (TPSA) is 85.1 Å². The van der Waals surface area contributed by atoms with Crippen molar-refractivity contribution >= 4 is 21.4 Å². The van der Waals surface area contributed by atoms with E-state index >= 15 is 0 Å². The van der Waals surface area contributed by atoms with Gasteiger partial charge in [0.1, 0.15) is 0 Å². The molecule has 1 heterocycles. The van der Waals surface area contributed by atoms with Crippen molar-refractivity contribution in [3.05, 3.63) is 45.4 Å². The van der Waals surface area contributed by atoms with Gasteiger partial charge in [0.2, 0.25) is 10.0 Å². The SMILES string of the molecule is Cc1nc(CN[C@@H](C)c2ccc(S(N)(=O)=O)cc2)c(C)s1. The number of hydrogen-bond donors (Lipinski definition) is 2. The molecule has 2 rings (SSSR count). The van der Waals surface area contributed by atoms with Crippen LogP contribution in [0.2, 0.25) is 0 Å². The Morgan fingerprint density at radius 2 is 1.90 bits per heavy atom. The van der Waals surface area contributed by atoms with Crippen LogP contribution < -0.4 is 10.5 Å². The van der Waals surface area contributed by atoms with Gasteiger partial charge in [0.05, 0.1) is 15.6 Å². The average Bonchev–Trinajstić information content (AvgIpc) is 2.73. The van der Waals surface area contributed by atoms with E-state index in [0.717, 1.165) is 16.3 Å². The van der Waals surface area contributed by atoms with Gasteiger partial charge < -0.3 is 5.32 Å². The zero-order chi connectivity index (χ0) is 15.6. The van der Waals surface area contributed by atoms with Gasteiger partial charge in [0, 0.05) is 17.5 Å².